The number of sulfonamides is 1. The second-order valence-electron chi connectivity index (χ2n) is 4.09. The number of anilines is 2. The number of aromatic nitrogens is 1. The lowest BCUT2D eigenvalue weighted by Crippen LogP contribution is -2.13. The summed E-state index contributed by atoms with van der Waals surface area (Å²) in [5.41, 5.74) is 5.79. The molecule has 0 aliphatic carbocycles. The van der Waals surface area contributed by atoms with Gasteiger partial charge in [-0.25, -0.2) is 13.4 Å². The van der Waals surface area contributed by atoms with Crippen LogP contribution in [0.15, 0.2) is 41.4 Å². The van der Waals surface area contributed by atoms with Gasteiger partial charge in [0.2, 0.25) is 0 Å². The molecule has 0 atom stereocenters. The monoisotopic (exact) mass is 309 g/mol. The standard InChI is InChI=1S/C13H15N3O4S/c1-19-11-5-3-9(7-12(11)20-2)16-21(17,18)10-4-6-13(14)15-8-10/h3-8,16H,1-2H3,(H2,14,15). The highest BCUT2D eigenvalue weighted by atomic mass is 32.2. The van der Waals surface area contributed by atoms with Gasteiger partial charge >= 0.3 is 0 Å². The number of nitrogens with two attached hydrogens (primary N) is 1. The maximum Gasteiger partial charge on any atom is 0.263 e. The Morgan fingerprint density at radius 2 is 1.81 bits per heavy atom. The molecule has 2 rings (SSSR count). The van der Waals surface area contributed by atoms with Gasteiger partial charge in [0, 0.05) is 12.3 Å². The number of rotatable bonds is 5. The Hall–Kier alpha value is -2.48. The predicted octanol–water partition coefficient (Wildman–Crippen LogP) is 1.48. The minimum Gasteiger partial charge on any atom is -0.493 e. The van der Waals surface area contributed by atoms with Crippen molar-refractivity contribution in [2.24, 2.45) is 0 Å². The average Bonchev–Trinajstić information content (AvgIpc) is 2.47. The fraction of sp³-hybridized carbons (Fsp3) is 0.154. The second kappa shape index (κ2) is 5.88. The number of methoxy groups -OCH3 is 2. The van der Waals surface area contributed by atoms with Crippen LogP contribution in [0.5, 0.6) is 11.5 Å². The van der Waals surface area contributed by atoms with Crippen LogP contribution in [0.4, 0.5) is 11.5 Å². The van der Waals surface area contributed by atoms with Crippen molar-refractivity contribution in [2.45, 2.75) is 4.90 Å². The molecule has 7 nitrogen and oxygen atoms in total. The molecular formula is C13H15N3O4S. The summed E-state index contributed by atoms with van der Waals surface area (Å²) in [6.07, 6.45) is 1.19. The topological polar surface area (TPSA) is 104 Å². The Balaban J connectivity index is 2.30. The van der Waals surface area contributed by atoms with Gasteiger partial charge in [0.25, 0.3) is 10.0 Å². The molecule has 21 heavy (non-hydrogen) atoms. The van der Waals surface area contributed by atoms with Crippen molar-refractivity contribution in [1.29, 1.82) is 0 Å². The van der Waals surface area contributed by atoms with E-state index in [1.165, 1.54) is 38.6 Å². The number of benzene rings is 1. The first-order valence-corrected chi connectivity index (χ1v) is 7.41. The van der Waals surface area contributed by atoms with Gasteiger partial charge in [-0.05, 0) is 24.3 Å². The van der Waals surface area contributed by atoms with E-state index in [4.69, 9.17) is 15.2 Å². The molecule has 3 N–H and O–H groups in total. The largest absolute Gasteiger partial charge is 0.493 e. The minimum atomic E-state index is -3.74. The van der Waals surface area contributed by atoms with Gasteiger partial charge in [0.1, 0.15) is 10.7 Å². The molecule has 0 saturated carbocycles. The van der Waals surface area contributed by atoms with Crippen LogP contribution >= 0.6 is 0 Å². The van der Waals surface area contributed by atoms with E-state index in [1.807, 2.05) is 0 Å². The van der Waals surface area contributed by atoms with E-state index in [9.17, 15) is 8.42 Å². The van der Waals surface area contributed by atoms with E-state index in [1.54, 1.807) is 12.1 Å². The van der Waals surface area contributed by atoms with Crippen molar-refractivity contribution >= 4 is 21.5 Å². The lowest BCUT2D eigenvalue weighted by molar-refractivity contribution is 0.355. The highest BCUT2D eigenvalue weighted by Crippen LogP contribution is 2.30. The van der Waals surface area contributed by atoms with Crippen molar-refractivity contribution in [3.05, 3.63) is 36.5 Å². The zero-order chi connectivity index (χ0) is 15.5. The normalized spacial score (nSPS) is 11.0. The van der Waals surface area contributed by atoms with Gasteiger partial charge in [0.15, 0.2) is 11.5 Å². The fourth-order valence-corrected chi connectivity index (χ4v) is 2.66. The van der Waals surface area contributed by atoms with Crippen LogP contribution in [0, 0.1) is 0 Å². The third-order valence-electron chi connectivity index (χ3n) is 2.71. The molecule has 0 unspecified atom stereocenters. The molecule has 0 spiro atoms. The maximum absolute atomic E-state index is 12.2. The van der Waals surface area contributed by atoms with E-state index < -0.39 is 10.0 Å². The summed E-state index contributed by atoms with van der Waals surface area (Å²) in [5, 5.41) is 0. The van der Waals surface area contributed by atoms with E-state index in [2.05, 4.69) is 9.71 Å². The molecule has 1 heterocycles. The summed E-state index contributed by atoms with van der Waals surface area (Å²) in [7, 11) is -0.765. The Kier molecular flexibility index (Phi) is 4.18. The summed E-state index contributed by atoms with van der Waals surface area (Å²) in [5.74, 6) is 1.18. The zero-order valence-electron chi connectivity index (χ0n) is 11.5. The zero-order valence-corrected chi connectivity index (χ0v) is 12.3. The van der Waals surface area contributed by atoms with Crippen LogP contribution in [0.3, 0.4) is 0 Å². The summed E-state index contributed by atoms with van der Waals surface area (Å²) in [6.45, 7) is 0. The molecule has 0 aliphatic rings. The lowest BCUT2D eigenvalue weighted by Gasteiger charge is -2.11. The minimum absolute atomic E-state index is 0.0199. The van der Waals surface area contributed by atoms with Gasteiger partial charge in [0.05, 0.1) is 19.9 Å². The van der Waals surface area contributed by atoms with Gasteiger partial charge < -0.3 is 15.2 Å². The number of nitrogens with one attached hydrogen (secondary N) is 1. The molecule has 2 aromatic rings. The molecule has 0 fully saturated rings. The highest BCUT2D eigenvalue weighted by molar-refractivity contribution is 7.92. The molecule has 0 radical (unpaired) electrons. The van der Waals surface area contributed by atoms with E-state index in [0.717, 1.165) is 0 Å². The van der Waals surface area contributed by atoms with Crippen LogP contribution in [0.1, 0.15) is 0 Å². The SMILES string of the molecule is COc1ccc(NS(=O)(=O)c2ccc(N)nc2)cc1OC. The first-order chi connectivity index (χ1) is 9.96. The quantitative estimate of drug-likeness (QED) is 0.867. The van der Waals surface area contributed by atoms with Crippen molar-refractivity contribution in [3.63, 3.8) is 0 Å². The van der Waals surface area contributed by atoms with Crippen LogP contribution in [0.25, 0.3) is 0 Å². The van der Waals surface area contributed by atoms with Crippen LogP contribution in [-0.4, -0.2) is 27.6 Å². The van der Waals surface area contributed by atoms with E-state index in [-0.39, 0.29) is 10.7 Å². The van der Waals surface area contributed by atoms with Gasteiger partial charge in [-0.2, -0.15) is 0 Å². The maximum atomic E-state index is 12.2. The average molecular weight is 309 g/mol. The van der Waals surface area contributed by atoms with Crippen LogP contribution in [0.2, 0.25) is 0 Å². The van der Waals surface area contributed by atoms with Crippen molar-refractivity contribution < 1.29 is 17.9 Å². The molecule has 1 aromatic carbocycles. The van der Waals surface area contributed by atoms with Gasteiger partial charge in [-0.15, -0.1) is 0 Å². The Bertz CT molecular complexity index is 730. The van der Waals surface area contributed by atoms with E-state index >= 15 is 0 Å². The second-order valence-corrected chi connectivity index (χ2v) is 5.78. The molecule has 0 amide bonds. The molecular weight excluding hydrogens is 294 g/mol. The number of pyridine rings is 1. The third-order valence-corrected chi connectivity index (χ3v) is 4.07. The van der Waals surface area contributed by atoms with Gasteiger partial charge in [-0.1, -0.05) is 0 Å². The number of hydrogen-bond acceptors (Lipinski definition) is 6. The Morgan fingerprint density at radius 3 is 2.38 bits per heavy atom. The highest BCUT2D eigenvalue weighted by Gasteiger charge is 2.15. The molecule has 0 bridgehead atoms. The summed E-state index contributed by atoms with van der Waals surface area (Å²) in [4.78, 5) is 3.78. The lowest BCUT2D eigenvalue weighted by atomic mass is 10.3. The van der Waals surface area contributed by atoms with Crippen molar-refractivity contribution in [2.75, 3.05) is 24.7 Å². The van der Waals surface area contributed by atoms with Crippen molar-refractivity contribution in [3.8, 4) is 11.5 Å². The summed E-state index contributed by atoms with van der Waals surface area (Å²) in [6, 6.07) is 7.51. The van der Waals surface area contributed by atoms with Gasteiger partial charge in [-0.3, -0.25) is 4.72 Å². The fourth-order valence-electron chi connectivity index (χ4n) is 1.66. The Labute approximate surface area is 122 Å². The summed E-state index contributed by atoms with van der Waals surface area (Å²) >= 11 is 0. The summed E-state index contributed by atoms with van der Waals surface area (Å²) < 4.78 is 37.1. The number of hydrogen-bond donors (Lipinski definition) is 2. The number of nitrogens with zero attached hydrogens (tertiary/aromatic N) is 1. The molecule has 0 aliphatic heterocycles. The Morgan fingerprint density at radius 1 is 1.10 bits per heavy atom. The predicted molar refractivity (Wildman–Crippen MR) is 79.0 cm³/mol. The van der Waals surface area contributed by atoms with Crippen molar-refractivity contribution in [1.82, 2.24) is 4.98 Å². The first-order valence-electron chi connectivity index (χ1n) is 5.92. The number of ether oxygens (including phenoxy) is 2. The number of nitrogen functional groups attached to an aromatic ring is 1. The molecule has 8 heteroatoms. The molecule has 1 aromatic heterocycles. The van der Waals surface area contributed by atoms with Crippen LogP contribution in [-0.2, 0) is 10.0 Å². The first kappa shape index (κ1) is 14.9. The molecule has 0 saturated heterocycles. The third kappa shape index (κ3) is 3.34. The van der Waals surface area contributed by atoms with E-state index in [0.29, 0.717) is 17.2 Å². The smallest absolute Gasteiger partial charge is 0.263 e. The van der Waals surface area contributed by atoms with Crippen LogP contribution < -0.4 is 19.9 Å². The molecule has 112 valence electrons.